The van der Waals surface area contributed by atoms with Crippen molar-refractivity contribution in [3.63, 3.8) is 0 Å². The maximum atomic E-state index is 13.5. The lowest BCUT2D eigenvalue weighted by Crippen LogP contribution is -2.47. The highest BCUT2D eigenvalue weighted by molar-refractivity contribution is 7.47. The highest BCUT2D eigenvalue weighted by Gasteiger charge is 2.30. The summed E-state index contributed by atoms with van der Waals surface area (Å²) in [5.74, 6) is -0.514. The number of carbonyl (C=O) groups is 2. The second-order valence-corrected chi connectivity index (χ2v) is 22.3. The molecule has 3 unspecified atom stereocenters. The molecule has 0 aromatic rings. The van der Waals surface area contributed by atoms with Crippen molar-refractivity contribution in [2.45, 2.75) is 277 Å². The predicted octanol–water partition coefficient (Wildman–Crippen LogP) is 17.3. The first kappa shape index (κ1) is 67.0. The molecule has 0 aliphatic rings. The van der Waals surface area contributed by atoms with E-state index in [0.717, 1.165) is 83.5 Å². The predicted molar refractivity (Wildman–Crippen MR) is 295 cm³/mol. The molecule has 0 saturated heterocycles. The molecule has 0 spiro atoms. The summed E-state index contributed by atoms with van der Waals surface area (Å²) in [6.07, 6.45) is 59.5. The van der Waals surface area contributed by atoms with E-state index in [1.807, 2.05) is 33.3 Å². The van der Waals surface area contributed by atoms with Crippen LogP contribution in [0.5, 0.6) is 0 Å². The summed E-state index contributed by atoms with van der Waals surface area (Å²) in [6, 6.07) is -0.851. The van der Waals surface area contributed by atoms with Gasteiger partial charge in [-0.2, -0.15) is 0 Å². The van der Waals surface area contributed by atoms with E-state index < -0.39 is 20.0 Å². The molecule has 0 aromatic carbocycles. The molecule has 0 radical (unpaired) electrons. The van der Waals surface area contributed by atoms with Crippen LogP contribution in [0.3, 0.4) is 0 Å². The van der Waals surface area contributed by atoms with Crippen molar-refractivity contribution in [2.75, 3.05) is 40.9 Å². The molecule has 0 fully saturated rings. The number of rotatable bonds is 52. The lowest BCUT2D eigenvalue weighted by Gasteiger charge is -2.27. The molecule has 2 N–H and O–H groups in total. The highest BCUT2D eigenvalue weighted by atomic mass is 31.2. The van der Waals surface area contributed by atoms with Gasteiger partial charge in [-0.05, 0) is 70.3 Å². The normalized spacial score (nSPS) is 14.1. The number of allylic oxidation sites excluding steroid dienone is 7. The maximum absolute atomic E-state index is 13.5. The summed E-state index contributed by atoms with van der Waals surface area (Å²) >= 11 is 0. The van der Waals surface area contributed by atoms with Gasteiger partial charge in [0.25, 0.3) is 0 Å². The van der Waals surface area contributed by atoms with Crippen LogP contribution in [0.25, 0.3) is 0 Å². The Kier molecular flexibility index (Phi) is 48.1. The van der Waals surface area contributed by atoms with Gasteiger partial charge in [-0.3, -0.25) is 18.6 Å². The van der Waals surface area contributed by atoms with Crippen LogP contribution in [0.2, 0.25) is 0 Å². The lowest BCUT2D eigenvalue weighted by atomic mass is 10.0. The average Bonchev–Trinajstić information content (AvgIpc) is 3.31. The quantitative estimate of drug-likeness (QED) is 0.0205. The number of quaternary nitrogens is 1. The van der Waals surface area contributed by atoms with E-state index in [4.69, 9.17) is 13.8 Å². The second-order valence-electron chi connectivity index (χ2n) is 20.8. The number of carbonyl (C=O) groups excluding carboxylic acids is 2. The zero-order chi connectivity index (χ0) is 50.8. The zero-order valence-electron chi connectivity index (χ0n) is 46.1. The summed E-state index contributed by atoms with van der Waals surface area (Å²) in [5.41, 5.74) is 0. The average molecular weight is 993 g/mol. The summed E-state index contributed by atoms with van der Waals surface area (Å²) < 4.78 is 30.6. The third kappa shape index (κ3) is 50.7. The molecule has 9 nitrogen and oxygen atoms in total. The molecule has 404 valence electrons. The number of unbranched alkanes of at least 4 members (excludes halogenated alkanes) is 30. The smallest absolute Gasteiger partial charge is 0.456 e. The van der Waals surface area contributed by atoms with Crippen LogP contribution in [-0.4, -0.2) is 74.3 Å². The Hall–Kier alpha value is -2.03. The van der Waals surface area contributed by atoms with Crippen LogP contribution < -0.4 is 5.32 Å². The lowest BCUT2D eigenvalue weighted by molar-refractivity contribution is -0.870. The number of phosphoric ester groups is 1. The third-order valence-electron chi connectivity index (χ3n) is 12.8. The summed E-state index contributed by atoms with van der Waals surface area (Å²) in [4.78, 5) is 37.5. The zero-order valence-corrected chi connectivity index (χ0v) is 47.0. The van der Waals surface area contributed by atoms with E-state index in [0.29, 0.717) is 23.9 Å². The van der Waals surface area contributed by atoms with Gasteiger partial charge >= 0.3 is 13.8 Å². The first-order chi connectivity index (χ1) is 33.4. The van der Waals surface area contributed by atoms with Crippen molar-refractivity contribution >= 4 is 19.7 Å². The molecule has 0 aliphatic heterocycles. The van der Waals surface area contributed by atoms with Crippen molar-refractivity contribution in [1.82, 2.24) is 5.32 Å². The van der Waals surface area contributed by atoms with Gasteiger partial charge in [-0.1, -0.05) is 230 Å². The number of phosphoric acid groups is 1. The Balaban J connectivity index is 5.30. The Labute approximate surface area is 427 Å². The largest absolute Gasteiger partial charge is 0.472 e. The molecule has 0 bridgehead atoms. The Bertz CT molecular complexity index is 1330. The Morgan fingerprint density at radius 2 is 0.884 bits per heavy atom. The fourth-order valence-corrected chi connectivity index (χ4v) is 8.98. The van der Waals surface area contributed by atoms with E-state index in [1.165, 1.54) is 148 Å². The fourth-order valence-electron chi connectivity index (χ4n) is 8.24. The van der Waals surface area contributed by atoms with E-state index >= 15 is 0 Å². The summed E-state index contributed by atoms with van der Waals surface area (Å²) in [6.45, 7) is 6.97. The number of ether oxygens (including phenoxy) is 1. The number of amides is 1. The molecule has 10 heteroatoms. The highest BCUT2D eigenvalue weighted by Crippen LogP contribution is 2.43. The molecule has 0 rings (SSSR count). The number of likely N-dealkylation sites (N-methyl/N-ethyl adjacent to an activating group) is 1. The first-order valence-corrected chi connectivity index (χ1v) is 30.5. The van der Waals surface area contributed by atoms with Crippen LogP contribution in [0.15, 0.2) is 48.6 Å². The van der Waals surface area contributed by atoms with Crippen molar-refractivity contribution in [3.8, 4) is 0 Å². The van der Waals surface area contributed by atoms with E-state index in [9.17, 15) is 19.0 Å². The van der Waals surface area contributed by atoms with Gasteiger partial charge in [0.15, 0.2) is 0 Å². The van der Waals surface area contributed by atoms with Crippen molar-refractivity contribution < 1.29 is 37.3 Å². The number of nitrogens with zero attached hydrogens (tertiary/aromatic N) is 1. The maximum Gasteiger partial charge on any atom is 0.472 e. The molecule has 0 aromatic heterocycles. The second kappa shape index (κ2) is 49.5. The minimum atomic E-state index is -4.44. The van der Waals surface area contributed by atoms with Crippen molar-refractivity contribution in [3.05, 3.63) is 48.6 Å². The van der Waals surface area contributed by atoms with Gasteiger partial charge in [0.2, 0.25) is 5.91 Å². The van der Waals surface area contributed by atoms with Crippen LogP contribution in [0.1, 0.15) is 265 Å². The SMILES string of the molecule is CCCCC/C=C\C/C=C\C/C=C\CCCCCCCCC(=O)NC(COP(=O)(O)OCC[N+](C)(C)C)C(/C=C\CCCCCCCCCCC)OC(=O)CCCCCCCCCCCCCCC. The molecule has 0 aliphatic carbocycles. The molecule has 0 heterocycles. The van der Waals surface area contributed by atoms with Crippen LogP contribution in [-0.2, 0) is 27.9 Å². The molecular formula is C59H112N2O7P+. The monoisotopic (exact) mass is 992 g/mol. The number of esters is 1. The number of nitrogens with one attached hydrogen (secondary N) is 1. The number of hydrogen-bond donors (Lipinski definition) is 2. The van der Waals surface area contributed by atoms with Crippen LogP contribution in [0, 0.1) is 0 Å². The molecule has 3 atom stereocenters. The van der Waals surface area contributed by atoms with E-state index in [-0.39, 0.29) is 25.1 Å². The van der Waals surface area contributed by atoms with E-state index in [2.05, 4.69) is 62.5 Å². The van der Waals surface area contributed by atoms with Gasteiger partial charge in [0, 0.05) is 12.8 Å². The first-order valence-electron chi connectivity index (χ1n) is 29.0. The Morgan fingerprint density at radius 1 is 0.507 bits per heavy atom. The summed E-state index contributed by atoms with van der Waals surface area (Å²) in [7, 11) is 1.49. The van der Waals surface area contributed by atoms with Crippen LogP contribution in [0.4, 0.5) is 0 Å². The molecular weight excluding hydrogens is 880 g/mol. The number of hydrogen-bond acceptors (Lipinski definition) is 6. The minimum Gasteiger partial charge on any atom is -0.456 e. The van der Waals surface area contributed by atoms with Gasteiger partial charge in [0.05, 0.1) is 33.8 Å². The fraction of sp³-hybridized carbons (Fsp3) is 0.831. The van der Waals surface area contributed by atoms with E-state index in [1.54, 1.807) is 0 Å². The van der Waals surface area contributed by atoms with Crippen molar-refractivity contribution in [1.29, 1.82) is 0 Å². The van der Waals surface area contributed by atoms with Gasteiger partial charge in [-0.15, -0.1) is 0 Å². The topological polar surface area (TPSA) is 111 Å². The standard InChI is InChI=1S/C59H111N2O7P/c1-7-10-13-16-19-22-25-27-28-29-30-31-32-34-36-39-42-45-48-51-58(62)60-56(55-67-69(64,65)66-54-53-61(4,5)6)57(50-47-44-41-38-35-24-21-18-15-12-9-3)68-59(63)52-49-46-43-40-37-33-26-23-20-17-14-11-8-2/h19,22,27-28,30-31,47,50,56-57H,7-18,20-21,23-26,29,32-46,48-49,51-55H2,1-6H3,(H-,60,62,64,65)/p+1/b22-19-,28-27-,31-30-,50-47-. The van der Waals surface area contributed by atoms with Gasteiger partial charge in [0.1, 0.15) is 19.3 Å². The summed E-state index contributed by atoms with van der Waals surface area (Å²) in [5, 5.41) is 3.04. The third-order valence-corrected chi connectivity index (χ3v) is 13.8. The van der Waals surface area contributed by atoms with Crippen LogP contribution >= 0.6 is 7.82 Å². The molecule has 69 heavy (non-hydrogen) atoms. The Morgan fingerprint density at radius 3 is 1.35 bits per heavy atom. The minimum absolute atomic E-state index is 0.0381. The molecule has 0 saturated carbocycles. The van der Waals surface area contributed by atoms with Gasteiger partial charge < -0.3 is 19.4 Å². The van der Waals surface area contributed by atoms with Crippen molar-refractivity contribution in [2.24, 2.45) is 0 Å². The molecule has 1 amide bonds. The van der Waals surface area contributed by atoms with Gasteiger partial charge in [-0.25, -0.2) is 4.57 Å².